The van der Waals surface area contributed by atoms with Crippen molar-refractivity contribution >= 4 is 23.6 Å². The Morgan fingerprint density at radius 3 is 2.62 bits per heavy atom. The molecule has 29 heavy (non-hydrogen) atoms. The molecule has 0 unspecified atom stereocenters. The van der Waals surface area contributed by atoms with Crippen LogP contribution in [0, 0.1) is 12.7 Å². The molecule has 2 aromatic carbocycles. The van der Waals surface area contributed by atoms with Crippen LogP contribution in [0.2, 0.25) is 0 Å². The minimum absolute atomic E-state index is 0.0607. The van der Waals surface area contributed by atoms with Crippen LogP contribution in [0.1, 0.15) is 11.1 Å². The van der Waals surface area contributed by atoms with E-state index in [-0.39, 0.29) is 22.7 Å². The number of hydrogen-bond donors (Lipinski definition) is 1. The third kappa shape index (κ3) is 6.56. The highest BCUT2D eigenvalue weighted by Gasteiger charge is 2.14. The zero-order valence-electron chi connectivity index (χ0n) is 15.6. The summed E-state index contributed by atoms with van der Waals surface area (Å²) in [6.45, 7) is -2.12. The average Bonchev–Trinajstić information content (AvgIpc) is 2.68. The molecule has 0 radical (unpaired) electrons. The van der Waals surface area contributed by atoms with Gasteiger partial charge in [0.05, 0.1) is 7.11 Å². The number of benzene rings is 2. The summed E-state index contributed by atoms with van der Waals surface area (Å²) in [5.74, 6) is -2.22. The zero-order valence-corrected chi connectivity index (χ0v) is 15.6. The molecule has 154 valence electrons. The number of alkyl halides is 2. The van der Waals surface area contributed by atoms with E-state index in [1.54, 1.807) is 6.92 Å². The predicted octanol–water partition coefficient (Wildman–Crippen LogP) is 3.94. The maximum Gasteiger partial charge on any atom is 0.387 e. The van der Waals surface area contributed by atoms with Gasteiger partial charge in [0.1, 0.15) is 5.82 Å². The number of halogens is 3. The van der Waals surface area contributed by atoms with E-state index in [0.29, 0.717) is 5.56 Å². The SMILES string of the molecule is COc1cccc(/C=C/C(=O)OCC(=O)Nc2ccc(C)c(F)c2)c1OC(F)F. The fraction of sp³-hybridized carbons (Fsp3) is 0.200. The van der Waals surface area contributed by atoms with E-state index in [0.717, 1.165) is 12.1 Å². The summed E-state index contributed by atoms with van der Waals surface area (Å²) in [5, 5.41) is 2.38. The lowest BCUT2D eigenvalue weighted by atomic mass is 10.1. The van der Waals surface area contributed by atoms with Crippen molar-refractivity contribution < 1.29 is 37.0 Å². The number of hydrogen-bond acceptors (Lipinski definition) is 5. The molecule has 0 aliphatic carbocycles. The van der Waals surface area contributed by atoms with Crippen molar-refractivity contribution in [1.29, 1.82) is 0 Å². The summed E-state index contributed by atoms with van der Waals surface area (Å²) >= 11 is 0. The van der Waals surface area contributed by atoms with E-state index in [4.69, 9.17) is 9.47 Å². The summed E-state index contributed by atoms with van der Waals surface area (Å²) in [7, 11) is 1.29. The number of rotatable bonds is 8. The lowest BCUT2D eigenvalue weighted by Crippen LogP contribution is -2.20. The Morgan fingerprint density at radius 2 is 1.97 bits per heavy atom. The van der Waals surface area contributed by atoms with Gasteiger partial charge in [-0.15, -0.1) is 0 Å². The largest absolute Gasteiger partial charge is 0.493 e. The maximum atomic E-state index is 13.5. The lowest BCUT2D eigenvalue weighted by Gasteiger charge is -2.12. The van der Waals surface area contributed by atoms with Gasteiger partial charge in [-0.25, -0.2) is 9.18 Å². The van der Waals surface area contributed by atoms with Gasteiger partial charge < -0.3 is 19.5 Å². The molecule has 2 rings (SSSR count). The molecule has 6 nitrogen and oxygen atoms in total. The van der Waals surface area contributed by atoms with Crippen LogP contribution >= 0.6 is 0 Å². The van der Waals surface area contributed by atoms with Gasteiger partial charge >= 0.3 is 12.6 Å². The lowest BCUT2D eigenvalue weighted by molar-refractivity contribution is -0.142. The van der Waals surface area contributed by atoms with Gasteiger partial charge in [0.15, 0.2) is 18.1 Å². The molecule has 0 saturated carbocycles. The topological polar surface area (TPSA) is 73.9 Å². The third-order valence-electron chi connectivity index (χ3n) is 3.64. The Kier molecular flexibility index (Phi) is 7.64. The Hall–Kier alpha value is -3.49. The second-order valence-electron chi connectivity index (χ2n) is 5.71. The first-order valence-corrected chi connectivity index (χ1v) is 8.32. The quantitative estimate of drug-likeness (QED) is 0.528. The van der Waals surface area contributed by atoms with E-state index in [1.807, 2.05) is 0 Å². The maximum absolute atomic E-state index is 13.5. The van der Waals surface area contributed by atoms with Gasteiger partial charge in [-0.3, -0.25) is 4.79 Å². The summed E-state index contributed by atoms with van der Waals surface area (Å²) in [6.07, 6.45) is 2.14. The number of para-hydroxylation sites is 1. The molecule has 0 fully saturated rings. The number of anilines is 1. The first-order valence-electron chi connectivity index (χ1n) is 8.32. The monoisotopic (exact) mass is 409 g/mol. The third-order valence-corrected chi connectivity index (χ3v) is 3.64. The molecule has 0 heterocycles. The molecule has 0 atom stereocenters. The summed E-state index contributed by atoms with van der Waals surface area (Å²) in [6, 6.07) is 8.52. The van der Waals surface area contributed by atoms with Gasteiger partial charge in [-0.05, 0) is 36.8 Å². The van der Waals surface area contributed by atoms with E-state index in [1.165, 1.54) is 43.5 Å². The molecule has 2 aromatic rings. The normalized spacial score (nSPS) is 10.8. The Bertz CT molecular complexity index is 915. The second-order valence-corrected chi connectivity index (χ2v) is 5.71. The molecule has 0 aliphatic rings. The first kappa shape index (κ1) is 21.8. The number of ether oxygens (including phenoxy) is 3. The molecule has 1 amide bonds. The van der Waals surface area contributed by atoms with Crippen LogP contribution < -0.4 is 14.8 Å². The van der Waals surface area contributed by atoms with E-state index in [2.05, 4.69) is 10.1 Å². The fourth-order valence-corrected chi connectivity index (χ4v) is 2.25. The van der Waals surface area contributed by atoms with Crippen LogP contribution in [0.25, 0.3) is 6.08 Å². The van der Waals surface area contributed by atoms with Gasteiger partial charge in [-0.2, -0.15) is 8.78 Å². The summed E-state index contributed by atoms with van der Waals surface area (Å²) in [5.41, 5.74) is 0.795. The molecule has 0 spiro atoms. The predicted molar refractivity (Wildman–Crippen MR) is 99.4 cm³/mol. The molecule has 1 N–H and O–H groups in total. The number of methoxy groups -OCH3 is 1. The van der Waals surface area contributed by atoms with Gasteiger partial charge in [0.2, 0.25) is 0 Å². The van der Waals surface area contributed by atoms with Crippen molar-refractivity contribution in [2.75, 3.05) is 19.0 Å². The van der Waals surface area contributed by atoms with Crippen LogP contribution in [-0.4, -0.2) is 32.2 Å². The van der Waals surface area contributed by atoms with Crippen molar-refractivity contribution in [2.45, 2.75) is 13.5 Å². The van der Waals surface area contributed by atoms with E-state index < -0.39 is 30.9 Å². The smallest absolute Gasteiger partial charge is 0.387 e. The number of carbonyl (C=O) groups excluding carboxylic acids is 2. The second kappa shape index (κ2) is 10.2. The number of esters is 1. The number of amides is 1. The minimum atomic E-state index is -3.08. The Balaban J connectivity index is 1.96. The molecule has 9 heteroatoms. The molecule has 0 aliphatic heterocycles. The van der Waals surface area contributed by atoms with Crippen molar-refractivity contribution in [1.82, 2.24) is 0 Å². The summed E-state index contributed by atoms with van der Waals surface area (Å²) in [4.78, 5) is 23.6. The molecule has 0 saturated heterocycles. The van der Waals surface area contributed by atoms with Crippen molar-refractivity contribution in [3.63, 3.8) is 0 Å². The molecule has 0 aromatic heterocycles. The molecular weight excluding hydrogens is 391 g/mol. The number of aryl methyl sites for hydroxylation is 1. The minimum Gasteiger partial charge on any atom is -0.493 e. The van der Waals surface area contributed by atoms with Crippen LogP contribution in [0.5, 0.6) is 11.5 Å². The standard InChI is InChI=1S/C20H18F3NO5/c1-12-6-8-14(10-15(12)21)24-17(25)11-28-18(26)9-7-13-4-3-5-16(27-2)19(13)29-20(22)23/h3-10,20H,11H2,1-2H3,(H,24,25)/b9-7+. The van der Waals surface area contributed by atoms with Crippen LogP contribution in [0.15, 0.2) is 42.5 Å². The van der Waals surface area contributed by atoms with Crippen LogP contribution in [0.4, 0.5) is 18.9 Å². The fourth-order valence-electron chi connectivity index (χ4n) is 2.25. The van der Waals surface area contributed by atoms with E-state index >= 15 is 0 Å². The Morgan fingerprint density at radius 1 is 1.21 bits per heavy atom. The summed E-state index contributed by atoms with van der Waals surface area (Å²) < 4.78 is 52.8. The van der Waals surface area contributed by atoms with Crippen LogP contribution in [0.3, 0.4) is 0 Å². The average molecular weight is 409 g/mol. The van der Waals surface area contributed by atoms with Crippen molar-refractivity contribution in [2.24, 2.45) is 0 Å². The highest BCUT2D eigenvalue weighted by Crippen LogP contribution is 2.33. The van der Waals surface area contributed by atoms with Crippen molar-refractivity contribution in [3.05, 3.63) is 59.4 Å². The van der Waals surface area contributed by atoms with Gasteiger partial charge in [0.25, 0.3) is 5.91 Å². The zero-order chi connectivity index (χ0) is 21.4. The molecule has 0 bridgehead atoms. The van der Waals surface area contributed by atoms with Crippen molar-refractivity contribution in [3.8, 4) is 11.5 Å². The highest BCUT2D eigenvalue weighted by atomic mass is 19.3. The number of carbonyl (C=O) groups is 2. The number of nitrogens with one attached hydrogen (secondary N) is 1. The van der Waals surface area contributed by atoms with Crippen LogP contribution in [-0.2, 0) is 14.3 Å². The molecular formula is C20H18F3NO5. The Labute approximate surface area is 164 Å². The van der Waals surface area contributed by atoms with Gasteiger partial charge in [-0.1, -0.05) is 18.2 Å². The van der Waals surface area contributed by atoms with E-state index in [9.17, 15) is 22.8 Å². The van der Waals surface area contributed by atoms with Gasteiger partial charge in [0, 0.05) is 17.3 Å². The highest BCUT2D eigenvalue weighted by molar-refractivity contribution is 5.94. The first-order chi connectivity index (χ1) is 13.8.